The lowest BCUT2D eigenvalue weighted by atomic mass is 10.1. The topological polar surface area (TPSA) is 93.4 Å². The number of nitrogens with zero attached hydrogens (tertiary/aromatic N) is 2. The molecule has 0 atom stereocenters. The molecule has 0 aliphatic heterocycles. The van der Waals surface area contributed by atoms with E-state index in [1.807, 2.05) is 16.8 Å². The molecule has 1 saturated carbocycles. The summed E-state index contributed by atoms with van der Waals surface area (Å²) >= 11 is 0. The van der Waals surface area contributed by atoms with Crippen LogP contribution in [-0.4, -0.2) is 39.9 Å². The van der Waals surface area contributed by atoms with Crippen molar-refractivity contribution in [2.75, 3.05) is 13.2 Å². The van der Waals surface area contributed by atoms with E-state index in [2.05, 4.69) is 10.4 Å². The summed E-state index contributed by atoms with van der Waals surface area (Å²) < 4.78 is 6.96. The van der Waals surface area contributed by atoms with Gasteiger partial charge in [-0.05, 0) is 43.0 Å². The van der Waals surface area contributed by atoms with E-state index in [4.69, 9.17) is 9.84 Å². The third-order valence-corrected chi connectivity index (χ3v) is 4.56. The van der Waals surface area contributed by atoms with Crippen molar-refractivity contribution in [3.05, 3.63) is 47.8 Å². The first-order chi connectivity index (χ1) is 12.6. The van der Waals surface area contributed by atoms with Gasteiger partial charge in [0.25, 0.3) is 5.91 Å². The van der Waals surface area contributed by atoms with Crippen LogP contribution in [0.2, 0.25) is 0 Å². The molecular formula is C19H23N3O4. The zero-order valence-electron chi connectivity index (χ0n) is 14.6. The molecule has 0 spiro atoms. The van der Waals surface area contributed by atoms with Crippen molar-refractivity contribution in [3.63, 3.8) is 0 Å². The van der Waals surface area contributed by atoms with Gasteiger partial charge in [0.2, 0.25) is 0 Å². The van der Waals surface area contributed by atoms with E-state index in [0.717, 1.165) is 18.4 Å². The maximum absolute atomic E-state index is 12.4. The number of carbonyl (C=O) groups is 2. The van der Waals surface area contributed by atoms with Gasteiger partial charge in [0, 0.05) is 12.7 Å². The number of hydrogen-bond acceptors (Lipinski definition) is 4. The van der Waals surface area contributed by atoms with Crippen LogP contribution >= 0.6 is 0 Å². The Morgan fingerprint density at radius 1 is 1.19 bits per heavy atom. The molecule has 0 radical (unpaired) electrons. The molecule has 1 aromatic heterocycles. The number of carboxylic acid groups (broad SMARTS) is 1. The predicted octanol–water partition coefficient (Wildman–Crippen LogP) is 2.43. The van der Waals surface area contributed by atoms with Crippen LogP contribution < -0.4 is 10.1 Å². The van der Waals surface area contributed by atoms with Crippen LogP contribution in [0.3, 0.4) is 0 Å². The van der Waals surface area contributed by atoms with Gasteiger partial charge >= 0.3 is 5.97 Å². The molecule has 1 aliphatic rings. The van der Waals surface area contributed by atoms with Crippen LogP contribution in [0.1, 0.15) is 47.8 Å². The number of hydrogen-bond donors (Lipinski definition) is 2. The van der Waals surface area contributed by atoms with Crippen molar-refractivity contribution < 1.29 is 19.4 Å². The minimum Gasteiger partial charge on any atom is -0.482 e. The van der Waals surface area contributed by atoms with E-state index in [-0.39, 0.29) is 12.5 Å². The third kappa shape index (κ3) is 4.62. The van der Waals surface area contributed by atoms with Gasteiger partial charge in [0.15, 0.2) is 6.61 Å². The van der Waals surface area contributed by atoms with Gasteiger partial charge in [-0.3, -0.25) is 9.48 Å². The molecular weight excluding hydrogens is 334 g/mol. The standard InChI is InChI=1S/C19H23N3O4/c23-18(24)13-26-16-7-5-14(6-8-16)9-11-20-19(25)17-10-12-21-22(17)15-3-1-2-4-15/h5-8,10,12,15H,1-4,9,11,13H2,(H,20,25)(H,23,24). The van der Waals surface area contributed by atoms with E-state index in [1.165, 1.54) is 12.8 Å². The number of nitrogens with one attached hydrogen (secondary N) is 1. The molecule has 7 nitrogen and oxygen atoms in total. The number of aromatic nitrogens is 2. The van der Waals surface area contributed by atoms with Crippen LogP contribution in [0.5, 0.6) is 5.75 Å². The Hall–Kier alpha value is -2.83. The third-order valence-electron chi connectivity index (χ3n) is 4.56. The SMILES string of the molecule is O=C(O)COc1ccc(CCNC(=O)c2ccnn2C2CCCC2)cc1. The van der Waals surface area contributed by atoms with Crippen LogP contribution in [-0.2, 0) is 11.2 Å². The van der Waals surface area contributed by atoms with E-state index in [9.17, 15) is 9.59 Å². The van der Waals surface area contributed by atoms with Crippen LogP contribution in [0.25, 0.3) is 0 Å². The van der Waals surface area contributed by atoms with Crippen LogP contribution in [0, 0.1) is 0 Å². The van der Waals surface area contributed by atoms with Crippen molar-refractivity contribution in [1.82, 2.24) is 15.1 Å². The highest BCUT2D eigenvalue weighted by Crippen LogP contribution is 2.29. The lowest BCUT2D eigenvalue weighted by Crippen LogP contribution is -2.29. The average molecular weight is 357 g/mol. The summed E-state index contributed by atoms with van der Waals surface area (Å²) in [5.41, 5.74) is 1.66. The largest absolute Gasteiger partial charge is 0.482 e. The molecule has 2 N–H and O–H groups in total. The number of aliphatic carboxylic acids is 1. The maximum Gasteiger partial charge on any atom is 0.341 e. The summed E-state index contributed by atoms with van der Waals surface area (Å²) in [4.78, 5) is 22.9. The molecule has 1 aliphatic carbocycles. The quantitative estimate of drug-likeness (QED) is 0.757. The fraction of sp³-hybridized carbons (Fsp3) is 0.421. The Morgan fingerprint density at radius 3 is 2.62 bits per heavy atom. The van der Waals surface area contributed by atoms with Crippen molar-refractivity contribution in [2.24, 2.45) is 0 Å². The molecule has 1 aromatic carbocycles. The monoisotopic (exact) mass is 357 g/mol. The number of carbonyl (C=O) groups excluding carboxylic acids is 1. The highest BCUT2D eigenvalue weighted by Gasteiger charge is 2.22. The summed E-state index contributed by atoms with van der Waals surface area (Å²) in [6, 6.07) is 9.30. The summed E-state index contributed by atoms with van der Waals surface area (Å²) in [5.74, 6) is -0.593. The van der Waals surface area contributed by atoms with Gasteiger partial charge < -0.3 is 15.2 Å². The molecule has 0 bridgehead atoms. The lowest BCUT2D eigenvalue weighted by Gasteiger charge is -2.14. The Bertz CT molecular complexity index is 748. The Morgan fingerprint density at radius 2 is 1.92 bits per heavy atom. The number of ether oxygens (including phenoxy) is 1. The van der Waals surface area contributed by atoms with Crippen LogP contribution in [0.15, 0.2) is 36.5 Å². The second-order valence-electron chi connectivity index (χ2n) is 6.43. The van der Waals surface area contributed by atoms with Crippen molar-refractivity contribution in [3.8, 4) is 5.75 Å². The molecule has 1 fully saturated rings. The first-order valence-electron chi connectivity index (χ1n) is 8.89. The maximum atomic E-state index is 12.4. The van der Waals surface area contributed by atoms with Crippen molar-refractivity contribution in [1.29, 1.82) is 0 Å². The van der Waals surface area contributed by atoms with Gasteiger partial charge in [-0.2, -0.15) is 5.10 Å². The van der Waals surface area contributed by atoms with Crippen molar-refractivity contribution in [2.45, 2.75) is 38.1 Å². The molecule has 0 saturated heterocycles. The number of rotatable bonds is 8. The minimum absolute atomic E-state index is 0.101. The predicted molar refractivity (Wildman–Crippen MR) is 95.3 cm³/mol. The smallest absolute Gasteiger partial charge is 0.341 e. The van der Waals surface area contributed by atoms with E-state index in [1.54, 1.807) is 24.4 Å². The second kappa shape index (κ2) is 8.51. The zero-order valence-corrected chi connectivity index (χ0v) is 14.6. The van der Waals surface area contributed by atoms with Gasteiger partial charge in [-0.15, -0.1) is 0 Å². The Balaban J connectivity index is 1.48. The van der Waals surface area contributed by atoms with Gasteiger partial charge in [-0.1, -0.05) is 25.0 Å². The molecule has 2 aromatic rings. The molecule has 1 amide bonds. The summed E-state index contributed by atoms with van der Waals surface area (Å²) in [6.45, 7) is 0.161. The first-order valence-corrected chi connectivity index (χ1v) is 8.89. The zero-order chi connectivity index (χ0) is 18.4. The molecule has 138 valence electrons. The molecule has 26 heavy (non-hydrogen) atoms. The van der Waals surface area contributed by atoms with E-state index in [0.29, 0.717) is 30.5 Å². The Kier molecular flexibility index (Phi) is 5.88. The summed E-state index contributed by atoms with van der Waals surface area (Å²) in [6.07, 6.45) is 6.91. The summed E-state index contributed by atoms with van der Waals surface area (Å²) in [7, 11) is 0. The second-order valence-corrected chi connectivity index (χ2v) is 6.43. The molecule has 0 unspecified atom stereocenters. The fourth-order valence-corrected chi connectivity index (χ4v) is 3.24. The number of carboxylic acids is 1. The van der Waals surface area contributed by atoms with E-state index < -0.39 is 5.97 Å². The average Bonchev–Trinajstić information content (AvgIpc) is 3.32. The fourth-order valence-electron chi connectivity index (χ4n) is 3.24. The van der Waals surface area contributed by atoms with Gasteiger partial charge in [0.05, 0.1) is 6.04 Å². The molecule has 3 rings (SSSR count). The van der Waals surface area contributed by atoms with Crippen LogP contribution in [0.4, 0.5) is 0 Å². The summed E-state index contributed by atoms with van der Waals surface area (Å²) in [5, 5.41) is 15.9. The number of benzene rings is 1. The van der Waals surface area contributed by atoms with E-state index >= 15 is 0 Å². The van der Waals surface area contributed by atoms with Crippen molar-refractivity contribution >= 4 is 11.9 Å². The minimum atomic E-state index is -1.01. The van der Waals surface area contributed by atoms with Gasteiger partial charge in [0.1, 0.15) is 11.4 Å². The normalized spacial score (nSPS) is 14.3. The molecule has 7 heteroatoms. The first kappa shape index (κ1) is 18.0. The highest BCUT2D eigenvalue weighted by molar-refractivity contribution is 5.92. The molecule has 1 heterocycles. The Labute approximate surface area is 152 Å². The highest BCUT2D eigenvalue weighted by atomic mass is 16.5. The lowest BCUT2D eigenvalue weighted by molar-refractivity contribution is -0.139. The van der Waals surface area contributed by atoms with Gasteiger partial charge in [-0.25, -0.2) is 4.79 Å². The number of amides is 1.